The monoisotopic (exact) mass is 617 g/mol. The smallest absolute Gasteiger partial charge is 0.0905 e. The molecular weight excluding hydrogens is 558 g/mol. The molecule has 0 heterocycles. The van der Waals surface area contributed by atoms with Crippen molar-refractivity contribution in [3.8, 4) is 30.3 Å². The van der Waals surface area contributed by atoms with Crippen molar-refractivity contribution in [1.82, 2.24) is 0 Å². The van der Waals surface area contributed by atoms with Gasteiger partial charge in [0, 0.05) is 6.08 Å². The van der Waals surface area contributed by atoms with Gasteiger partial charge >= 0.3 is 0 Å². The number of aliphatic hydroxyl groups excluding tert-OH is 4. The van der Waals surface area contributed by atoms with Crippen molar-refractivity contribution in [3.63, 3.8) is 0 Å². The molecule has 0 bridgehead atoms. The lowest BCUT2D eigenvalue weighted by Crippen LogP contribution is -2.42. The maximum Gasteiger partial charge on any atom is 0.0905 e. The van der Waals surface area contributed by atoms with Crippen LogP contribution in [0.1, 0.15) is 62.8 Å². The van der Waals surface area contributed by atoms with Crippen LogP contribution in [-0.2, 0) is 18.9 Å². The van der Waals surface area contributed by atoms with Gasteiger partial charge in [-0.15, -0.1) is 0 Å². The fraction of sp³-hybridized carbons (Fsp3) is 0.767. The van der Waals surface area contributed by atoms with Gasteiger partial charge in [-0.2, -0.15) is 26.3 Å². The first kappa shape index (κ1) is 59.3. The maximum atomic E-state index is 8.60. The molecule has 4 N–H and O–H groups in total. The second-order valence-electron chi connectivity index (χ2n) is 7.81. The van der Waals surface area contributed by atoms with Gasteiger partial charge in [-0.05, 0) is 0 Å². The van der Waals surface area contributed by atoms with Gasteiger partial charge < -0.3 is 39.4 Å². The molecule has 0 unspecified atom stereocenters. The van der Waals surface area contributed by atoms with E-state index in [9.17, 15) is 0 Å². The highest BCUT2D eigenvalue weighted by Crippen LogP contribution is 2.21. The van der Waals surface area contributed by atoms with Crippen LogP contribution in [0.15, 0.2) is 12.7 Å². The zero-order valence-electron chi connectivity index (χ0n) is 21.8. The van der Waals surface area contributed by atoms with Crippen molar-refractivity contribution < 1.29 is 39.4 Å². The van der Waals surface area contributed by atoms with Crippen LogP contribution < -0.4 is 0 Å². The molecule has 0 saturated heterocycles. The molecule has 0 aromatic heterocycles. The third kappa shape index (κ3) is 36.8. The summed E-state index contributed by atoms with van der Waals surface area (Å²) in [6.07, 6.45) is 2.28. The molecule has 0 rings (SSSR count). The molecule has 0 fully saturated rings. The number of nitrogens with zero attached hydrogens (tertiary/aromatic N) is 5. The molecule has 0 aromatic carbocycles. The highest BCUT2D eigenvalue weighted by molar-refractivity contribution is 4.93. The summed E-state index contributed by atoms with van der Waals surface area (Å²) in [4.78, 5) is 0. The Kier molecular flexibility index (Phi) is 63.2. The van der Waals surface area contributed by atoms with Gasteiger partial charge in [-0.3, -0.25) is 0 Å². The molecular formula is C30H59N5O8. The quantitative estimate of drug-likeness (QED) is 0.113. The van der Waals surface area contributed by atoms with Crippen LogP contribution in [0.2, 0.25) is 0 Å². The molecule has 0 aliphatic rings. The number of hydrogen-bond acceptors (Lipinski definition) is 13. The fourth-order valence-electron chi connectivity index (χ4n) is 2.18. The molecule has 0 radical (unpaired) electrons. The van der Waals surface area contributed by atoms with Crippen LogP contribution in [0.4, 0.5) is 0 Å². The number of nitriles is 5. The van der Waals surface area contributed by atoms with Crippen LogP contribution >= 0.6 is 0 Å². The van der Waals surface area contributed by atoms with Gasteiger partial charge in [0.15, 0.2) is 0 Å². The van der Waals surface area contributed by atoms with Gasteiger partial charge in [0.2, 0.25) is 0 Å². The van der Waals surface area contributed by atoms with E-state index in [0.29, 0.717) is 0 Å². The normalized spacial score (nSPS) is 8.91. The van der Waals surface area contributed by atoms with E-state index in [1.165, 1.54) is 6.08 Å². The Morgan fingerprint density at radius 2 is 0.698 bits per heavy atom. The molecule has 0 amide bonds. The number of hydrogen-bond donors (Lipinski definition) is 4. The molecule has 0 aromatic rings. The summed E-state index contributed by atoms with van der Waals surface area (Å²) in [5.41, 5.74) is -1.74. The van der Waals surface area contributed by atoms with Crippen molar-refractivity contribution >= 4 is 0 Å². The highest BCUT2D eigenvalue weighted by Gasteiger charge is 2.32. The van der Waals surface area contributed by atoms with Gasteiger partial charge in [0.25, 0.3) is 0 Å². The van der Waals surface area contributed by atoms with E-state index in [-0.39, 0.29) is 116 Å². The molecule has 0 atom stereocenters. The molecule has 43 heavy (non-hydrogen) atoms. The number of ether oxygens (including phenoxy) is 4. The van der Waals surface area contributed by atoms with Gasteiger partial charge in [0.1, 0.15) is 0 Å². The predicted molar refractivity (Wildman–Crippen MR) is 167 cm³/mol. The van der Waals surface area contributed by atoms with E-state index in [4.69, 9.17) is 65.7 Å². The summed E-state index contributed by atoms with van der Waals surface area (Å²) in [6, 6.07) is 9.72. The molecule has 252 valence electrons. The van der Waals surface area contributed by atoms with Crippen molar-refractivity contribution in [3.05, 3.63) is 12.7 Å². The standard InChI is InChI=1S/C17H24N4O4.C5H12O4.C3H3N.5CH4/c18-5-1-9-22-13-17(14-23-10-2-6-19,15-24-11-3-7-20)16-25-12-4-8-21;6-1-5(2-7,3-8)4-9;1-2-3-4;;;;;/h1-4,9-16H2;6-9H,1-4H2;2H,1H2;5*1H4. The Bertz CT molecular complexity index is 665. The molecule has 13 nitrogen and oxygen atoms in total. The minimum absolute atomic E-state index is 0. The van der Waals surface area contributed by atoms with E-state index < -0.39 is 37.3 Å². The average molecular weight is 618 g/mol. The van der Waals surface area contributed by atoms with Crippen molar-refractivity contribution in [2.45, 2.75) is 62.8 Å². The predicted octanol–water partition coefficient (Wildman–Crippen LogP) is 3.51. The second kappa shape index (κ2) is 45.8. The van der Waals surface area contributed by atoms with Crippen LogP contribution in [-0.4, -0.2) is 99.7 Å². The Hall–Kier alpha value is -3.13. The summed E-state index contributed by atoms with van der Waals surface area (Å²) >= 11 is 0. The third-order valence-electron chi connectivity index (χ3n) is 4.50. The van der Waals surface area contributed by atoms with Crippen LogP contribution in [0.3, 0.4) is 0 Å². The Labute approximate surface area is 261 Å². The zero-order chi connectivity index (χ0) is 29.4. The molecule has 0 spiro atoms. The van der Waals surface area contributed by atoms with Gasteiger partial charge in [-0.1, -0.05) is 43.7 Å². The first-order valence-corrected chi connectivity index (χ1v) is 11.6. The fourth-order valence-corrected chi connectivity index (χ4v) is 2.18. The maximum absolute atomic E-state index is 8.60. The molecule has 0 saturated carbocycles. The summed E-state index contributed by atoms with van der Waals surface area (Å²) in [6.45, 7) is 3.63. The first-order chi connectivity index (χ1) is 18.4. The number of aliphatic hydroxyl groups is 4. The highest BCUT2D eigenvalue weighted by atomic mass is 16.5. The third-order valence-corrected chi connectivity index (χ3v) is 4.50. The van der Waals surface area contributed by atoms with Crippen molar-refractivity contribution in [2.75, 3.05) is 79.3 Å². The van der Waals surface area contributed by atoms with Crippen LogP contribution in [0, 0.1) is 67.5 Å². The zero-order valence-corrected chi connectivity index (χ0v) is 21.8. The Morgan fingerprint density at radius 1 is 0.488 bits per heavy atom. The van der Waals surface area contributed by atoms with Crippen LogP contribution in [0.5, 0.6) is 0 Å². The van der Waals surface area contributed by atoms with Gasteiger partial charge in [-0.25, -0.2) is 0 Å². The first-order valence-electron chi connectivity index (χ1n) is 11.6. The Balaban J connectivity index is -0.0000000960. The summed E-state index contributed by atoms with van der Waals surface area (Å²) < 4.78 is 22.2. The van der Waals surface area contributed by atoms with E-state index in [1.54, 1.807) is 6.07 Å². The van der Waals surface area contributed by atoms with Crippen molar-refractivity contribution in [2.24, 2.45) is 10.8 Å². The van der Waals surface area contributed by atoms with Crippen molar-refractivity contribution in [1.29, 1.82) is 26.3 Å². The minimum atomic E-state index is -1.11. The van der Waals surface area contributed by atoms with E-state index in [1.807, 2.05) is 24.3 Å². The second-order valence-corrected chi connectivity index (χ2v) is 7.81. The lowest BCUT2D eigenvalue weighted by Gasteiger charge is -2.32. The summed E-state index contributed by atoms with van der Waals surface area (Å²) in [7, 11) is 0. The largest absolute Gasteiger partial charge is 0.396 e. The SMILES string of the molecule is C.C.C.C.C.C=CC#N.N#CCCOCC(COCCC#N)(COCCC#N)COCCC#N.OCC(CO)(CO)CO. The lowest BCUT2D eigenvalue weighted by molar-refractivity contribution is -0.104. The van der Waals surface area contributed by atoms with Gasteiger partial charge in [0.05, 0.1) is 146 Å². The number of rotatable bonds is 20. The topological polar surface area (TPSA) is 237 Å². The molecule has 0 aliphatic carbocycles. The Morgan fingerprint density at radius 3 is 0.814 bits per heavy atom. The van der Waals surface area contributed by atoms with E-state index >= 15 is 0 Å². The minimum Gasteiger partial charge on any atom is -0.396 e. The molecule has 0 aliphatic heterocycles. The van der Waals surface area contributed by atoms with Crippen LogP contribution in [0.25, 0.3) is 0 Å². The lowest BCUT2D eigenvalue weighted by atomic mass is 9.92. The van der Waals surface area contributed by atoms with E-state index in [2.05, 4.69) is 6.58 Å². The average Bonchev–Trinajstić information content (AvgIpc) is 2.96. The molecule has 13 heteroatoms. The summed E-state index contributed by atoms with van der Waals surface area (Å²) in [5.74, 6) is 0. The number of allylic oxidation sites excluding steroid dienone is 1. The summed E-state index contributed by atoms with van der Waals surface area (Å²) in [5, 5.41) is 75.9. The van der Waals surface area contributed by atoms with E-state index in [0.717, 1.165) is 0 Å².